The van der Waals surface area contributed by atoms with Gasteiger partial charge in [-0.1, -0.05) is 32.6 Å². The fourth-order valence-corrected chi connectivity index (χ4v) is 2.19. The molecule has 1 N–H and O–H groups in total. The number of nitrogens with one attached hydrogen (secondary N) is 1. The Balaban J connectivity index is 1.96. The number of hydrogen-bond donors (Lipinski definition) is 2. The van der Waals surface area contributed by atoms with Crippen molar-refractivity contribution < 1.29 is 0 Å². The SMILES string of the molecule is CC(CCCC(=N)S)CC1CCC1. The number of hydrogen-bond acceptors (Lipinski definition) is 1. The smallest absolute Gasteiger partial charge is 0.0611 e. The first-order valence-electron chi connectivity index (χ1n) is 5.45. The molecule has 1 atom stereocenters. The normalized spacial score (nSPS) is 19.5. The predicted octanol–water partition coefficient (Wildman–Crippen LogP) is 3.89. The van der Waals surface area contributed by atoms with E-state index in [0.29, 0.717) is 5.04 Å². The molecular formula is C11H21NS. The third-order valence-corrected chi connectivity index (χ3v) is 3.29. The topological polar surface area (TPSA) is 23.9 Å². The monoisotopic (exact) mass is 199 g/mol. The standard InChI is InChI=1S/C11H21NS/c1-9(4-2-7-11(12)13)8-10-5-3-6-10/h9-10H,2-8H2,1H3,(H2,12,13). The van der Waals surface area contributed by atoms with Crippen LogP contribution in [0.3, 0.4) is 0 Å². The Morgan fingerprint density at radius 1 is 1.54 bits per heavy atom. The molecule has 2 heteroatoms. The van der Waals surface area contributed by atoms with Gasteiger partial charge in [-0.25, -0.2) is 0 Å². The molecule has 1 aliphatic rings. The molecule has 1 aliphatic carbocycles. The first kappa shape index (κ1) is 11.1. The highest BCUT2D eigenvalue weighted by atomic mass is 32.1. The molecule has 1 fully saturated rings. The van der Waals surface area contributed by atoms with E-state index < -0.39 is 0 Å². The Bertz CT molecular complexity index is 163. The van der Waals surface area contributed by atoms with Crippen LogP contribution >= 0.6 is 12.6 Å². The van der Waals surface area contributed by atoms with Crippen LogP contribution in [0.1, 0.15) is 51.9 Å². The molecule has 0 aromatic carbocycles. The molecule has 0 aromatic heterocycles. The lowest BCUT2D eigenvalue weighted by molar-refractivity contribution is 0.250. The molecule has 1 saturated carbocycles. The van der Waals surface area contributed by atoms with Crippen LogP contribution in [0.15, 0.2) is 0 Å². The summed E-state index contributed by atoms with van der Waals surface area (Å²) in [5.41, 5.74) is 0. The van der Waals surface area contributed by atoms with Crippen LogP contribution in [0.25, 0.3) is 0 Å². The molecular weight excluding hydrogens is 178 g/mol. The van der Waals surface area contributed by atoms with Crippen LogP contribution in [0.4, 0.5) is 0 Å². The van der Waals surface area contributed by atoms with Crippen LogP contribution in [0.5, 0.6) is 0 Å². The Hall–Kier alpha value is 0.0200. The summed E-state index contributed by atoms with van der Waals surface area (Å²) < 4.78 is 0. The van der Waals surface area contributed by atoms with Crippen molar-refractivity contribution in [2.45, 2.75) is 51.9 Å². The summed E-state index contributed by atoms with van der Waals surface area (Å²) in [6.45, 7) is 2.35. The molecule has 0 aromatic rings. The van der Waals surface area contributed by atoms with Gasteiger partial charge in [-0.15, -0.1) is 12.6 Å². The molecule has 1 unspecified atom stereocenters. The highest BCUT2D eigenvalue weighted by Gasteiger charge is 2.19. The van der Waals surface area contributed by atoms with Crippen molar-refractivity contribution in [3.8, 4) is 0 Å². The molecule has 0 amide bonds. The van der Waals surface area contributed by atoms with Crippen LogP contribution in [0.2, 0.25) is 0 Å². The molecule has 0 bridgehead atoms. The maximum Gasteiger partial charge on any atom is 0.0611 e. The van der Waals surface area contributed by atoms with Gasteiger partial charge in [0.05, 0.1) is 5.04 Å². The Morgan fingerprint density at radius 3 is 2.69 bits per heavy atom. The van der Waals surface area contributed by atoms with Crippen molar-refractivity contribution in [2.24, 2.45) is 11.8 Å². The van der Waals surface area contributed by atoms with E-state index in [0.717, 1.165) is 24.7 Å². The average Bonchev–Trinajstić information content (AvgIpc) is 1.96. The fourth-order valence-electron chi connectivity index (χ4n) is 2.03. The second-order valence-electron chi connectivity index (χ2n) is 4.48. The minimum Gasteiger partial charge on any atom is -0.299 e. The second kappa shape index (κ2) is 5.69. The van der Waals surface area contributed by atoms with Crippen LogP contribution in [-0.4, -0.2) is 5.04 Å². The lowest BCUT2D eigenvalue weighted by Gasteiger charge is -2.28. The van der Waals surface area contributed by atoms with Crippen molar-refractivity contribution in [3.05, 3.63) is 0 Å². The fraction of sp³-hybridized carbons (Fsp3) is 0.909. The van der Waals surface area contributed by atoms with E-state index in [9.17, 15) is 0 Å². The van der Waals surface area contributed by atoms with E-state index in [2.05, 4.69) is 19.6 Å². The third-order valence-electron chi connectivity index (χ3n) is 3.07. The van der Waals surface area contributed by atoms with E-state index in [1.807, 2.05) is 0 Å². The van der Waals surface area contributed by atoms with Gasteiger partial charge in [-0.2, -0.15) is 0 Å². The molecule has 1 rings (SSSR count). The predicted molar refractivity (Wildman–Crippen MR) is 61.7 cm³/mol. The van der Waals surface area contributed by atoms with Crippen molar-refractivity contribution >= 4 is 17.7 Å². The van der Waals surface area contributed by atoms with Crippen molar-refractivity contribution in [1.29, 1.82) is 5.41 Å². The van der Waals surface area contributed by atoms with Crippen LogP contribution < -0.4 is 0 Å². The van der Waals surface area contributed by atoms with E-state index in [1.54, 1.807) is 0 Å². The van der Waals surface area contributed by atoms with Crippen molar-refractivity contribution in [1.82, 2.24) is 0 Å². The molecule has 0 heterocycles. The van der Waals surface area contributed by atoms with Gasteiger partial charge in [-0.05, 0) is 31.1 Å². The minimum absolute atomic E-state index is 0.538. The highest BCUT2D eigenvalue weighted by molar-refractivity contribution is 7.96. The summed E-state index contributed by atoms with van der Waals surface area (Å²) in [7, 11) is 0. The van der Waals surface area contributed by atoms with E-state index in [4.69, 9.17) is 5.41 Å². The quantitative estimate of drug-likeness (QED) is 0.368. The third kappa shape index (κ3) is 4.70. The summed E-state index contributed by atoms with van der Waals surface area (Å²) >= 11 is 3.98. The molecule has 0 saturated heterocycles. The maximum absolute atomic E-state index is 7.19. The zero-order valence-corrected chi connectivity index (χ0v) is 9.45. The Morgan fingerprint density at radius 2 is 2.23 bits per heavy atom. The summed E-state index contributed by atoms with van der Waals surface area (Å²) in [5, 5.41) is 7.73. The number of thiol groups is 1. The zero-order chi connectivity index (χ0) is 9.68. The lowest BCUT2D eigenvalue weighted by Crippen LogP contribution is -2.14. The summed E-state index contributed by atoms with van der Waals surface area (Å²) in [6.07, 6.45) is 9.10. The van der Waals surface area contributed by atoms with Gasteiger partial charge in [0.2, 0.25) is 0 Å². The van der Waals surface area contributed by atoms with Gasteiger partial charge >= 0.3 is 0 Å². The van der Waals surface area contributed by atoms with Gasteiger partial charge < -0.3 is 0 Å². The molecule has 0 aliphatic heterocycles. The van der Waals surface area contributed by atoms with E-state index in [-0.39, 0.29) is 0 Å². The summed E-state index contributed by atoms with van der Waals surface area (Å²) in [5.74, 6) is 1.89. The maximum atomic E-state index is 7.19. The van der Waals surface area contributed by atoms with Crippen molar-refractivity contribution in [3.63, 3.8) is 0 Å². The molecule has 1 nitrogen and oxygen atoms in total. The van der Waals surface area contributed by atoms with Gasteiger partial charge in [0.1, 0.15) is 0 Å². The zero-order valence-electron chi connectivity index (χ0n) is 8.55. The largest absolute Gasteiger partial charge is 0.299 e. The van der Waals surface area contributed by atoms with E-state index >= 15 is 0 Å². The van der Waals surface area contributed by atoms with E-state index in [1.165, 1.54) is 32.1 Å². The first-order chi connectivity index (χ1) is 6.18. The summed E-state index contributed by atoms with van der Waals surface area (Å²) in [4.78, 5) is 0. The second-order valence-corrected chi connectivity index (χ2v) is 5.02. The molecule has 0 radical (unpaired) electrons. The Kier molecular flexibility index (Phi) is 4.86. The minimum atomic E-state index is 0.538. The average molecular weight is 199 g/mol. The van der Waals surface area contributed by atoms with Gasteiger partial charge in [0.25, 0.3) is 0 Å². The molecule has 13 heavy (non-hydrogen) atoms. The van der Waals surface area contributed by atoms with Gasteiger partial charge in [0, 0.05) is 0 Å². The van der Waals surface area contributed by atoms with Gasteiger partial charge in [0.15, 0.2) is 0 Å². The van der Waals surface area contributed by atoms with Crippen LogP contribution in [0, 0.1) is 17.2 Å². The van der Waals surface area contributed by atoms with Gasteiger partial charge in [-0.3, -0.25) is 5.41 Å². The highest BCUT2D eigenvalue weighted by Crippen LogP contribution is 2.33. The lowest BCUT2D eigenvalue weighted by atomic mass is 9.78. The van der Waals surface area contributed by atoms with Crippen LogP contribution in [-0.2, 0) is 0 Å². The Labute approximate surface area is 87.2 Å². The molecule has 76 valence electrons. The number of rotatable bonds is 6. The first-order valence-corrected chi connectivity index (χ1v) is 5.89. The van der Waals surface area contributed by atoms with Crippen molar-refractivity contribution in [2.75, 3.05) is 0 Å². The summed E-state index contributed by atoms with van der Waals surface area (Å²) in [6, 6.07) is 0. The molecule has 0 spiro atoms.